The van der Waals surface area contributed by atoms with Gasteiger partial charge in [-0.25, -0.2) is 14.6 Å². The van der Waals surface area contributed by atoms with Crippen molar-refractivity contribution in [2.75, 3.05) is 12.4 Å². The van der Waals surface area contributed by atoms with E-state index in [9.17, 15) is 94.9 Å². The summed E-state index contributed by atoms with van der Waals surface area (Å²) in [4.78, 5) is 24.0. The first-order chi connectivity index (χ1) is 34.7. The molecule has 0 unspecified atom stereocenters. The molecule has 0 radical (unpaired) electrons. The molecule has 0 atom stereocenters. The fraction of sp³-hybridized carbons (Fsp3) is 0.105. The lowest BCUT2D eigenvalue weighted by Gasteiger charge is -2.13. The monoisotopic (exact) mass is 1150 g/mol. The summed E-state index contributed by atoms with van der Waals surface area (Å²) >= 11 is 0.890. The molecule has 2 heterocycles. The van der Waals surface area contributed by atoms with Gasteiger partial charge in [0, 0.05) is 16.8 Å². The van der Waals surface area contributed by atoms with E-state index in [4.69, 9.17) is 4.74 Å². The van der Waals surface area contributed by atoms with Crippen molar-refractivity contribution in [3.8, 4) is 23.1 Å². The minimum atomic E-state index is -5.64. The Morgan fingerprint density at radius 2 is 1.31 bits per heavy atom. The van der Waals surface area contributed by atoms with E-state index in [2.05, 4.69) is 40.8 Å². The number of ether oxygens (including phenoxy) is 1. The highest BCUT2D eigenvalue weighted by atomic mass is 32.2. The number of rotatable bonds is 18. The number of fused-ring (bicyclic) bond motifs is 2. The standard InChI is InChI=1S/C38H29N9O22S6/c1-16-9-26(27(69-7-2-8-71(54,55)56)15-25(16)41-45-38-39-23-5-3-19(72(57,58)59)13-28(23)70-38)42-43-30-29(74(63,64)65)14-22-21(33(30)48)4-6-24(34(22)75(66,67)68)40-44-31-32(37(52)53)46-47(35(31)49)18-10-17(36(50)51)11-20(12-18)73(60,61)62/h3-6,9-15,48-49H,2,7-8H2,1H3,(H,50,51)(H,52,53)(H,54,55,56)(H,57,58,59)(H,60,61,62)(H,63,64,65)(H,66,67,68). The van der Waals surface area contributed by atoms with E-state index in [0.29, 0.717) is 34.5 Å². The Morgan fingerprint density at radius 3 is 1.92 bits per heavy atom. The van der Waals surface area contributed by atoms with Gasteiger partial charge in [0.25, 0.3) is 50.6 Å². The molecule has 0 bridgehead atoms. The summed E-state index contributed by atoms with van der Waals surface area (Å²) in [5.74, 6) is -7.27. The van der Waals surface area contributed by atoms with E-state index >= 15 is 0 Å². The average molecular weight is 1160 g/mol. The lowest BCUT2D eigenvalue weighted by atomic mass is 10.1. The zero-order valence-corrected chi connectivity index (χ0v) is 41.7. The lowest BCUT2D eigenvalue weighted by molar-refractivity contribution is 0.0682. The molecule has 5 aromatic carbocycles. The second kappa shape index (κ2) is 20.1. The van der Waals surface area contributed by atoms with E-state index in [1.807, 2.05) is 0 Å². The number of hydrogen-bond acceptors (Lipinski definition) is 24. The third-order valence-corrected chi connectivity index (χ3v) is 15.1. The second-order valence-electron chi connectivity index (χ2n) is 15.1. The Balaban J connectivity index is 1.32. The maximum absolute atomic E-state index is 13.0. The molecule has 0 aliphatic heterocycles. The number of nitrogens with zero attached hydrogens (tertiary/aromatic N) is 9. The number of aromatic hydroxyl groups is 2. The first kappa shape index (κ1) is 54.9. The molecule has 0 spiro atoms. The zero-order valence-electron chi connectivity index (χ0n) is 36.8. The van der Waals surface area contributed by atoms with Crippen LogP contribution in [0.25, 0.3) is 26.7 Å². The van der Waals surface area contributed by atoms with Crippen LogP contribution < -0.4 is 4.74 Å². The highest BCUT2D eigenvalue weighted by Crippen LogP contribution is 2.47. The van der Waals surface area contributed by atoms with Crippen LogP contribution in [0, 0.1) is 6.92 Å². The van der Waals surface area contributed by atoms with Crippen molar-refractivity contribution in [3.63, 3.8) is 0 Å². The number of aromatic nitrogens is 3. The third-order valence-electron chi connectivity index (χ3n) is 9.91. The minimum Gasteiger partial charge on any atom is -0.505 e. The predicted molar refractivity (Wildman–Crippen MR) is 254 cm³/mol. The molecule has 0 aliphatic carbocycles. The van der Waals surface area contributed by atoms with E-state index in [1.54, 1.807) is 0 Å². The summed E-state index contributed by atoms with van der Waals surface area (Å²) in [5, 5.41) is 66.9. The van der Waals surface area contributed by atoms with Gasteiger partial charge in [0.15, 0.2) is 11.4 Å². The lowest BCUT2D eigenvalue weighted by Crippen LogP contribution is -2.08. The number of azo groups is 3. The topological polar surface area (TPSA) is 501 Å². The molecule has 7 aromatic rings. The van der Waals surface area contributed by atoms with Gasteiger partial charge in [-0.15, -0.1) is 30.7 Å². The summed E-state index contributed by atoms with van der Waals surface area (Å²) in [6.07, 6.45) is -0.303. The van der Waals surface area contributed by atoms with Gasteiger partial charge in [-0.1, -0.05) is 11.3 Å². The SMILES string of the molecule is Cc1cc(N=Nc2c(S(=O)(=O)O)cc3c(S(=O)(=O)O)c(N=Nc4c(C(=O)O)nn(-c5cc(C(=O)O)cc(S(=O)(=O)O)c5)c4O)ccc3c2O)c(OCCCS(=O)(=O)O)cc1N=Nc1nc2ccc(S(=O)(=O)O)cc2s1. The zero-order chi connectivity index (χ0) is 55.3. The van der Waals surface area contributed by atoms with E-state index in [1.165, 1.54) is 25.1 Å². The van der Waals surface area contributed by atoms with Gasteiger partial charge in [0.1, 0.15) is 32.6 Å². The van der Waals surface area contributed by atoms with Gasteiger partial charge in [-0.05, 0) is 79.6 Å². The molecule has 0 amide bonds. The summed E-state index contributed by atoms with van der Waals surface area (Å²) in [5.41, 5.74) is -5.54. The number of phenols is 1. The molecule has 9 N–H and O–H groups in total. The fourth-order valence-electron chi connectivity index (χ4n) is 6.61. The van der Waals surface area contributed by atoms with Crippen molar-refractivity contribution in [1.29, 1.82) is 0 Å². The number of aromatic carboxylic acids is 2. The Morgan fingerprint density at radius 1 is 0.653 bits per heavy atom. The Bertz CT molecular complexity index is 4270. The quantitative estimate of drug-likeness (QED) is 0.0247. The van der Waals surface area contributed by atoms with Gasteiger partial charge >= 0.3 is 11.9 Å². The molecule has 2 aromatic heterocycles. The smallest absolute Gasteiger partial charge is 0.358 e. The van der Waals surface area contributed by atoms with Crippen LogP contribution in [-0.4, -0.2) is 124 Å². The van der Waals surface area contributed by atoms with Crippen LogP contribution in [0.3, 0.4) is 0 Å². The van der Waals surface area contributed by atoms with Crippen LogP contribution in [-0.2, 0) is 50.6 Å². The fourth-order valence-corrected chi connectivity index (χ4v) is 10.5. The van der Waals surface area contributed by atoms with Crippen molar-refractivity contribution < 1.29 is 99.6 Å². The van der Waals surface area contributed by atoms with Gasteiger partial charge in [-0.3, -0.25) is 22.8 Å². The van der Waals surface area contributed by atoms with Crippen molar-refractivity contribution in [2.45, 2.75) is 32.9 Å². The Kier molecular flexibility index (Phi) is 14.7. The molecule has 31 nitrogen and oxygen atoms in total. The third kappa shape index (κ3) is 12.2. The van der Waals surface area contributed by atoms with Crippen LogP contribution in [0.4, 0.5) is 33.6 Å². The van der Waals surface area contributed by atoms with Gasteiger partial charge in [-0.2, -0.15) is 51.9 Å². The van der Waals surface area contributed by atoms with Gasteiger partial charge < -0.3 is 25.2 Å². The molecular formula is C38H29N9O22S6. The molecule has 0 aliphatic rings. The number of carbonyl (C=O) groups is 2. The second-order valence-corrected chi connectivity index (χ2v) is 23.2. The number of phenolic OH excluding ortho intramolecular Hbond substituents is 1. The number of thiazole rings is 1. The molecule has 75 heavy (non-hydrogen) atoms. The average Bonchev–Trinajstić information content (AvgIpc) is 3.87. The van der Waals surface area contributed by atoms with Crippen LogP contribution in [0.2, 0.25) is 0 Å². The maximum atomic E-state index is 13.0. The summed E-state index contributed by atoms with van der Waals surface area (Å²) < 4.78 is 177. The number of benzene rings is 5. The van der Waals surface area contributed by atoms with Crippen molar-refractivity contribution in [2.24, 2.45) is 30.7 Å². The van der Waals surface area contributed by atoms with Gasteiger partial charge in [0.2, 0.25) is 16.7 Å². The minimum absolute atomic E-state index is 0.00994. The van der Waals surface area contributed by atoms with E-state index in [-0.39, 0.29) is 38.9 Å². The highest BCUT2D eigenvalue weighted by molar-refractivity contribution is 7.87. The first-order valence-corrected chi connectivity index (χ1v) is 27.9. The van der Waals surface area contributed by atoms with Crippen LogP contribution >= 0.6 is 11.3 Å². The molecule has 0 saturated heterocycles. The number of carboxylic acid groups (broad SMARTS) is 2. The number of carboxylic acids is 2. The first-order valence-electron chi connectivity index (χ1n) is 19.8. The molecule has 0 fully saturated rings. The molecule has 37 heteroatoms. The van der Waals surface area contributed by atoms with Crippen molar-refractivity contribution in [3.05, 3.63) is 83.6 Å². The normalized spacial score (nSPS) is 13.0. The van der Waals surface area contributed by atoms with E-state index in [0.717, 1.165) is 35.6 Å². The van der Waals surface area contributed by atoms with Crippen LogP contribution in [0.5, 0.6) is 17.4 Å². The largest absolute Gasteiger partial charge is 0.505 e. The molecule has 7 rings (SSSR count). The summed E-state index contributed by atoms with van der Waals surface area (Å²) in [7, 11) is -25.4. The predicted octanol–water partition coefficient (Wildman–Crippen LogP) is 6.64. The van der Waals surface area contributed by atoms with Crippen molar-refractivity contribution >= 4 is 128 Å². The molecule has 0 saturated carbocycles. The number of aryl methyl sites for hydroxylation is 1. The van der Waals surface area contributed by atoms with E-state index < -0.39 is 151 Å². The van der Waals surface area contributed by atoms with Gasteiger partial charge in [0.05, 0.1) is 49.3 Å². The Labute approximate surface area is 423 Å². The highest BCUT2D eigenvalue weighted by Gasteiger charge is 2.30. The van der Waals surface area contributed by atoms with Crippen molar-refractivity contribution in [1.82, 2.24) is 14.8 Å². The molecule has 394 valence electrons. The van der Waals surface area contributed by atoms with Crippen LogP contribution in [0.1, 0.15) is 32.8 Å². The maximum Gasteiger partial charge on any atom is 0.358 e. The Hall–Kier alpha value is -7.85. The summed E-state index contributed by atoms with van der Waals surface area (Å²) in [6, 6.07) is 9.77. The number of hydrogen-bond donors (Lipinski definition) is 9. The summed E-state index contributed by atoms with van der Waals surface area (Å²) in [6.45, 7) is 1.04. The molecular weight excluding hydrogens is 1130 g/mol. The van der Waals surface area contributed by atoms with Crippen LogP contribution in [0.15, 0.2) is 117 Å².